The van der Waals surface area contributed by atoms with Crippen LogP contribution in [0, 0.1) is 0 Å². The van der Waals surface area contributed by atoms with Gasteiger partial charge in [-0.05, 0) is 38.1 Å². The molecule has 0 heterocycles. The molecule has 0 spiro atoms. The van der Waals surface area contributed by atoms with Gasteiger partial charge in [0.05, 0.1) is 18.3 Å². The van der Waals surface area contributed by atoms with Gasteiger partial charge in [-0.15, -0.1) is 0 Å². The molecule has 0 aliphatic heterocycles. The van der Waals surface area contributed by atoms with Crippen LogP contribution in [-0.4, -0.2) is 42.1 Å². The number of hydrogen-bond acceptors (Lipinski definition) is 4. The minimum Gasteiger partial charge on any atom is -0.491 e. The minimum atomic E-state index is -6.59. The Morgan fingerprint density at radius 3 is 1.94 bits per heavy atom. The molecule has 0 aromatic heterocycles. The predicted molar refractivity (Wildman–Crippen MR) is 104 cm³/mol. The van der Waals surface area contributed by atoms with Gasteiger partial charge >= 0.3 is 24.2 Å². The molecule has 2 rings (SSSR count). The molecule has 2 aromatic rings. The van der Waals surface area contributed by atoms with Crippen molar-refractivity contribution in [3.8, 4) is 11.5 Å². The number of benzene rings is 2. The molecule has 0 saturated carbocycles. The Balaban J connectivity index is 2.46. The zero-order valence-electron chi connectivity index (χ0n) is 18.0. The molecule has 0 aliphatic rings. The predicted octanol–water partition coefficient (Wildman–Crippen LogP) is 6.49. The van der Waals surface area contributed by atoms with Crippen LogP contribution in [0.5, 0.6) is 11.5 Å². The maximum absolute atomic E-state index is 14.1. The fourth-order valence-electron chi connectivity index (χ4n) is 2.67. The van der Waals surface area contributed by atoms with E-state index < -0.39 is 48.2 Å². The first-order valence-electron chi connectivity index (χ1n) is 9.76. The minimum absolute atomic E-state index is 0.126. The van der Waals surface area contributed by atoms with Crippen molar-refractivity contribution in [1.82, 2.24) is 0 Å². The first-order valence-corrected chi connectivity index (χ1v) is 9.76. The summed E-state index contributed by atoms with van der Waals surface area (Å²) in [6, 6.07) is 7.04. The summed E-state index contributed by atoms with van der Waals surface area (Å²) in [6.07, 6.45) is -15.1. The molecular weight excluding hydrogens is 504 g/mol. The summed E-state index contributed by atoms with van der Waals surface area (Å²) in [6.45, 7) is 1.99. The van der Waals surface area contributed by atoms with Gasteiger partial charge in [-0.1, -0.05) is 18.2 Å². The summed E-state index contributed by atoms with van der Waals surface area (Å²) in [5, 5.41) is 9.88. The molecule has 2 aromatic carbocycles. The van der Waals surface area contributed by atoms with E-state index in [1.54, 1.807) is 13.8 Å². The number of aliphatic hydroxyl groups excluding tert-OH is 1. The summed E-state index contributed by atoms with van der Waals surface area (Å²) in [4.78, 5) is 5.12. The highest BCUT2D eigenvalue weighted by Gasteiger charge is 2.73. The van der Waals surface area contributed by atoms with Crippen LogP contribution in [0.25, 0.3) is 0 Å². The van der Waals surface area contributed by atoms with Gasteiger partial charge in [0.2, 0.25) is 0 Å². The lowest BCUT2D eigenvalue weighted by molar-refractivity contribution is -0.359. The fourth-order valence-corrected chi connectivity index (χ4v) is 2.67. The van der Waals surface area contributed by atoms with E-state index in [4.69, 9.17) is 9.57 Å². The van der Waals surface area contributed by atoms with Crippen molar-refractivity contribution in [2.45, 2.75) is 50.3 Å². The molecule has 1 N–H and O–H groups in total. The van der Waals surface area contributed by atoms with E-state index in [-0.39, 0.29) is 29.7 Å². The molecule has 196 valence electrons. The van der Waals surface area contributed by atoms with Crippen LogP contribution in [0.1, 0.15) is 19.4 Å². The SMILES string of the molecule is CC(C)Oc1cccc(N(C[C@@H](O)C(F)(F)F)Oc2cccc(C(F)(F)C(F)(F)C(F)(F)F)c2)c1. The van der Waals surface area contributed by atoms with E-state index in [2.05, 4.69) is 0 Å². The number of hydrogen-bond donors (Lipinski definition) is 1. The van der Waals surface area contributed by atoms with E-state index in [0.29, 0.717) is 11.1 Å². The molecule has 0 unspecified atom stereocenters. The maximum atomic E-state index is 14.1. The van der Waals surface area contributed by atoms with Crippen molar-refractivity contribution < 1.29 is 58.6 Å². The van der Waals surface area contributed by atoms with Crippen LogP contribution in [0.3, 0.4) is 0 Å². The Bertz CT molecular complexity index is 992. The van der Waals surface area contributed by atoms with Gasteiger partial charge in [-0.3, -0.25) is 0 Å². The van der Waals surface area contributed by atoms with Gasteiger partial charge in [0.1, 0.15) is 5.75 Å². The molecule has 0 bridgehead atoms. The number of rotatable bonds is 9. The summed E-state index contributed by atoms with van der Waals surface area (Å²) >= 11 is 0. The first-order chi connectivity index (χ1) is 15.9. The van der Waals surface area contributed by atoms with E-state index in [9.17, 15) is 49.0 Å². The van der Waals surface area contributed by atoms with Crippen molar-refractivity contribution in [2.24, 2.45) is 0 Å². The summed E-state index contributed by atoms with van der Waals surface area (Å²) in [7, 11) is 0. The lowest BCUT2D eigenvalue weighted by atomic mass is 10.0. The lowest BCUT2D eigenvalue weighted by Gasteiger charge is -2.30. The second-order valence-electron chi connectivity index (χ2n) is 7.55. The number of halogens is 10. The quantitative estimate of drug-likeness (QED) is 0.302. The third kappa shape index (κ3) is 6.61. The van der Waals surface area contributed by atoms with E-state index in [0.717, 1.165) is 6.07 Å². The number of nitrogens with zero attached hydrogens (tertiary/aromatic N) is 1. The Kier molecular flexibility index (Phi) is 8.09. The van der Waals surface area contributed by atoms with Gasteiger partial charge in [-0.2, -0.15) is 43.9 Å². The van der Waals surface area contributed by atoms with Crippen LogP contribution in [0.2, 0.25) is 0 Å². The average Bonchev–Trinajstić information content (AvgIpc) is 2.71. The monoisotopic (exact) mass is 523 g/mol. The van der Waals surface area contributed by atoms with E-state index in [1.807, 2.05) is 0 Å². The Labute approximate surface area is 192 Å². The highest BCUT2D eigenvalue weighted by Crippen LogP contribution is 2.52. The van der Waals surface area contributed by atoms with Crippen molar-refractivity contribution in [3.05, 3.63) is 54.1 Å². The largest absolute Gasteiger partial charge is 0.491 e. The average molecular weight is 523 g/mol. The van der Waals surface area contributed by atoms with E-state index in [1.165, 1.54) is 24.3 Å². The topological polar surface area (TPSA) is 41.9 Å². The first kappa shape index (κ1) is 28.3. The van der Waals surface area contributed by atoms with Crippen molar-refractivity contribution >= 4 is 5.69 Å². The van der Waals surface area contributed by atoms with Crippen molar-refractivity contribution in [3.63, 3.8) is 0 Å². The molecule has 0 radical (unpaired) electrons. The molecule has 0 fully saturated rings. The van der Waals surface area contributed by atoms with Crippen molar-refractivity contribution in [1.29, 1.82) is 0 Å². The summed E-state index contributed by atoms with van der Waals surface area (Å²) in [5.41, 5.74) is -1.98. The number of aliphatic hydroxyl groups is 1. The zero-order valence-corrected chi connectivity index (χ0v) is 18.0. The molecule has 1 atom stereocenters. The van der Waals surface area contributed by atoms with Crippen LogP contribution >= 0.6 is 0 Å². The smallest absolute Gasteiger partial charge is 0.460 e. The molecule has 14 heteroatoms. The number of anilines is 1. The maximum Gasteiger partial charge on any atom is 0.460 e. The molecule has 35 heavy (non-hydrogen) atoms. The van der Waals surface area contributed by atoms with Gasteiger partial charge in [0, 0.05) is 11.6 Å². The molecule has 0 aliphatic carbocycles. The third-order valence-corrected chi connectivity index (χ3v) is 4.36. The normalized spacial score (nSPS) is 14.1. The van der Waals surface area contributed by atoms with Gasteiger partial charge < -0.3 is 14.7 Å². The molecular formula is C21H19F10NO3. The van der Waals surface area contributed by atoms with Crippen molar-refractivity contribution in [2.75, 3.05) is 11.6 Å². The summed E-state index contributed by atoms with van der Waals surface area (Å²) in [5.74, 6) is -12.8. The molecule has 0 saturated heterocycles. The Morgan fingerprint density at radius 2 is 1.40 bits per heavy atom. The van der Waals surface area contributed by atoms with Crippen LogP contribution in [0.4, 0.5) is 49.6 Å². The second-order valence-corrected chi connectivity index (χ2v) is 7.55. The second kappa shape index (κ2) is 9.99. The number of ether oxygens (including phenoxy) is 1. The van der Waals surface area contributed by atoms with Crippen LogP contribution < -0.4 is 14.6 Å². The number of hydroxylamine groups is 1. The van der Waals surface area contributed by atoms with Gasteiger partial charge in [-0.25, -0.2) is 5.06 Å². The van der Waals surface area contributed by atoms with Crippen LogP contribution in [0.15, 0.2) is 48.5 Å². The van der Waals surface area contributed by atoms with E-state index >= 15 is 0 Å². The Morgan fingerprint density at radius 1 is 0.829 bits per heavy atom. The zero-order chi connectivity index (χ0) is 26.8. The third-order valence-electron chi connectivity index (χ3n) is 4.36. The highest BCUT2D eigenvalue weighted by atomic mass is 19.4. The van der Waals surface area contributed by atoms with Gasteiger partial charge in [0.15, 0.2) is 11.9 Å². The van der Waals surface area contributed by atoms with Crippen LogP contribution in [-0.2, 0) is 5.92 Å². The summed E-state index contributed by atoms with van der Waals surface area (Å²) < 4.78 is 137. The Hall–Kier alpha value is -2.90. The number of alkyl halides is 10. The molecule has 0 amide bonds. The van der Waals surface area contributed by atoms with Gasteiger partial charge in [0.25, 0.3) is 0 Å². The standard InChI is InChI=1S/C21H19F10NO3/c1-12(2)34-15-7-4-6-14(10-15)32(11-17(33)19(24,25)26)35-16-8-3-5-13(9-16)18(22,23)20(27,28)21(29,30)31/h3-10,12,17,33H,11H2,1-2H3/t17-/m1/s1. The fraction of sp³-hybridized carbons (Fsp3) is 0.429. The highest BCUT2D eigenvalue weighted by molar-refractivity contribution is 5.50. The molecule has 4 nitrogen and oxygen atoms in total. The lowest BCUT2D eigenvalue weighted by Crippen LogP contribution is -2.50.